The van der Waals surface area contributed by atoms with Crippen molar-refractivity contribution in [3.8, 4) is 11.8 Å². The highest BCUT2D eigenvalue weighted by Gasteiger charge is 2.74. The Hall–Kier alpha value is -1.84. The zero-order valence-corrected chi connectivity index (χ0v) is 18.4. The highest BCUT2D eigenvalue weighted by molar-refractivity contribution is 5.87. The normalized spacial score (nSPS) is 45.4. The molecular formula is C24H34N4O2. The number of aliphatic carboxylic acids is 1. The molecule has 0 aromatic carbocycles. The number of guanidine groups is 1. The first-order valence-electron chi connectivity index (χ1n) is 11.6. The Kier molecular flexibility index (Phi) is 4.75. The monoisotopic (exact) mass is 410 g/mol. The van der Waals surface area contributed by atoms with Gasteiger partial charge in [0.1, 0.15) is 0 Å². The second kappa shape index (κ2) is 7.10. The summed E-state index contributed by atoms with van der Waals surface area (Å²) in [5, 5.41) is 19.1. The van der Waals surface area contributed by atoms with Gasteiger partial charge >= 0.3 is 0 Å². The topological polar surface area (TPSA) is 81.0 Å². The number of carbonyl (C=O) groups is 1. The highest BCUT2D eigenvalue weighted by Crippen LogP contribution is 2.76. The summed E-state index contributed by atoms with van der Waals surface area (Å²) in [6, 6.07) is 0. The summed E-state index contributed by atoms with van der Waals surface area (Å²) < 4.78 is 0. The largest absolute Gasteiger partial charge is 0.545 e. The number of allylic oxidation sites excluding steroid dienone is 1. The van der Waals surface area contributed by atoms with E-state index in [0.29, 0.717) is 42.2 Å². The fraction of sp³-hybridized carbons (Fsp3) is 0.750. The molecule has 2 aliphatic heterocycles. The number of nitrogens with zero attached hydrogens (tertiary/aromatic N) is 1. The maximum atomic E-state index is 12.1. The maximum Gasteiger partial charge on any atom is 0.296 e. The fourth-order valence-corrected chi connectivity index (χ4v) is 8.63. The lowest BCUT2D eigenvalue weighted by Crippen LogP contribution is -3.19. The van der Waals surface area contributed by atoms with Crippen molar-refractivity contribution in [3.63, 3.8) is 0 Å². The number of fused-ring (bicyclic) bond motifs is 1. The van der Waals surface area contributed by atoms with E-state index in [1.165, 1.54) is 10.5 Å². The van der Waals surface area contributed by atoms with E-state index in [2.05, 4.69) is 41.4 Å². The zero-order valence-electron chi connectivity index (χ0n) is 18.4. The fourth-order valence-electron chi connectivity index (χ4n) is 8.63. The van der Waals surface area contributed by atoms with Gasteiger partial charge in [0.15, 0.2) is 0 Å². The first-order valence-corrected chi connectivity index (χ1v) is 11.6. The zero-order chi connectivity index (χ0) is 21.1. The molecule has 3 aliphatic carbocycles. The van der Waals surface area contributed by atoms with Crippen LogP contribution in [0.4, 0.5) is 0 Å². The van der Waals surface area contributed by atoms with Crippen molar-refractivity contribution in [2.24, 2.45) is 39.5 Å². The Morgan fingerprint density at radius 2 is 2.30 bits per heavy atom. The molecule has 7 atom stereocenters. The van der Waals surface area contributed by atoms with Gasteiger partial charge in [-0.05, 0) is 62.6 Å². The SMILES string of the molecule is CN=C1NCC#C[C@@H]2C[C@@H](C)[C@@]34CCC(C(=O)[O-])=C3C[C@@H]2[C@@]42C[NH+]1CC[C@H]2CNC. The van der Waals surface area contributed by atoms with Gasteiger partial charge in [-0.25, -0.2) is 4.99 Å². The third kappa shape index (κ3) is 2.39. The number of quaternary nitrogens is 1. The van der Waals surface area contributed by atoms with E-state index in [0.717, 1.165) is 51.3 Å². The van der Waals surface area contributed by atoms with Crippen LogP contribution in [0, 0.1) is 46.3 Å². The number of rotatable bonds is 3. The van der Waals surface area contributed by atoms with Crippen molar-refractivity contribution < 1.29 is 14.8 Å². The molecule has 0 radical (unpaired) electrons. The van der Waals surface area contributed by atoms with E-state index >= 15 is 0 Å². The number of carboxylic acids is 1. The molecule has 1 unspecified atom stereocenters. The number of nitrogens with one attached hydrogen (secondary N) is 3. The lowest BCUT2D eigenvalue weighted by molar-refractivity contribution is -0.830. The molecular weight excluding hydrogens is 376 g/mol. The van der Waals surface area contributed by atoms with Gasteiger partial charge in [0.2, 0.25) is 0 Å². The predicted octanol–water partition coefficient (Wildman–Crippen LogP) is -0.808. The molecule has 3 N–H and O–H groups in total. The summed E-state index contributed by atoms with van der Waals surface area (Å²) in [5.74, 6) is 8.84. The summed E-state index contributed by atoms with van der Waals surface area (Å²) in [5.41, 5.74) is 1.87. The van der Waals surface area contributed by atoms with Gasteiger partial charge in [-0.3, -0.25) is 4.90 Å². The molecule has 5 aliphatic rings. The van der Waals surface area contributed by atoms with E-state index in [1.807, 2.05) is 7.05 Å². The minimum absolute atomic E-state index is 0.0313. The summed E-state index contributed by atoms with van der Waals surface area (Å²) >= 11 is 0. The molecule has 2 heterocycles. The molecule has 6 nitrogen and oxygen atoms in total. The second-order valence-corrected chi connectivity index (χ2v) is 10.1. The van der Waals surface area contributed by atoms with Gasteiger partial charge in [-0.2, -0.15) is 0 Å². The molecule has 3 fully saturated rings. The summed E-state index contributed by atoms with van der Waals surface area (Å²) in [6.07, 6.45) is 4.74. The van der Waals surface area contributed by atoms with Gasteiger partial charge in [-0.15, -0.1) is 0 Å². The Morgan fingerprint density at radius 1 is 1.47 bits per heavy atom. The molecule has 162 valence electrons. The Morgan fingerprint density at radius 3 is 3.03 bits per heavy atom. The van der Waals surface area contributed by atoms with Crippen molar-refractivity contribution in [2.45, 2.75) is 39.0 Å². The van der Waals surface area contributed by atoms with Crippen LogP contribution < -0.4 is 20.6 Å². The molecule has 6 heteroatoms. The van der Waals surface area contributed by atoms with E-state index in [4.69, 9.17) is 0 Å². The molecule has 2 saturated carbocycles. The van der Waals surface area contributed by atoms with Gasteiger partial charge in [0, 0.05) is 30.2 Å². The second-order valence-electron chi connectivity index (χ2n) is 10.1. The lowest BCUT2D eigenvalue weighted by Gasteiger charge is -2.61. The van der Waals surface area contributed by atoms with Crippen LogP contribution in [-0.4, -0.2) is 52.2 Å². The Labute approximate surface area is 179 Å². The predicted molar refractivity (Wildman–Crippen MR) is 113 cm³/mol. The third-order valence-electron chi connectivity index (χ3n) is 9.44. The van der Waals surface area contributed by atoms with E-state index in [1.54, 1.807) is 0 Å². The summed E-state index contributed by atoms with van der Waals surface area (Å²) in [7, 11) is 3.92. The highest BCUT2D eigenvalue weighted by atomic mass is 16.4. The lowest BCUT2D eigenvalue weighted by atomic mass is 9.44. The number of carboxylic acid groups (broad SMARTS) is 1. The van der Waals surface area contributed by atoms with Crippen LogP contribution in [0.2, 0.25) is 0 Å². The number of hydrogen-bond acceptors (Lipinski definition) is 4. The van der Waals surface area contributed by atoms with E-state index in [9.17, 15) is 9.90 Å². The number of carbonyl (C=O) groups excluding carboxylic acids is 1. The molecule has 2 spiro atoms. The van der Waals surface area contributed by atoms with Crippen molar-refractivity contribution in [1.82, 2.24) is 10.6 Å². The van der Waals surface area contributed by atoms with Gasteiger partial charge < -0.3 is 20.5 Å². The first kappa shape index (κ1) is 20.1. The van der Waals surface area contributed by atoms with Crippen molar-refractivity contribution in [2.75, 3.05) is 40.3 Å². The van der Waals surface area contributed by atoms with Crippen LogP contribution >= 0.6 is 0 Å². The molecule has 0 aromatic rings. The maximum absolute atomic E-state index is 12.1. The van der Waals surface area contributed by atoms with Crippen LogP contribution in [0.25, 0.3) is 0 Å². The summed E-state index contributed by atoms with van der Waals surface area (Å²) in [6.45, 7) is 6.09. The van der Waals surface area contributed by atoms with Crippen LogP contribution in [0.1, 0.15) is 39.0 Å². The smallest absolute Gasteiger partial charge is 0.296 e. The van der Waals surface area contributed by atoms with Gasteiger partial charge in [-0.1, -0.05) is 24.3 Å². The standard InChI is InChI=1S/C24H34N4O2/c1-15-11-16-5-4-9-27-22(26-3)28-10-7-17(13-25-2)24(14-28)19(16)12-20-18(21(29)30)6-8-23(15,20)24/h15-17,19,25H,6-14H2,1-3H3,(H,26,27)(H,29,30)/t15-,16-,17+,19+,23+,24+/m1/s1. The van der Waals surface area contributed by atoms with Crippen molar-refractivity contribution in [1.29, 1.82) is 0 Å². The molecule has 0 aromatic heterocycles. The van der Waals surface area contributed by atoms with Crippen LogP contribution in [-0.2, 0) is 4.79 Å². The Bertz CT molecular complexity index is 883. The average molecular weight is 411 g/mol. The van der Waals surface area contributed by atoms with Gasteiger partial charge in [0.05, 0.1) is 25.6 Å². The molecule has 0 amide bonds. The van der Waals surface area contributed by atoms with E-state index in [-0.39, 0.29) is 10.8 Å². The molecule has 1 saturated heterocycles. The third-order valence-corrected chi connectivity index (χ3v) is 9.44. The average Bonchev–Trinajstić information content (AvgIpc) is 3.19. The van der Waals surface area contributed by atoms with Crippen molar-refractivity contribution in [3.05, 3.63) is 11.1 Å². The van der Waals surface area contributed by atoms with Crippen molar-refractivity contribution >= 4 is 11.9 Å². The van der Waals surface area contributed by atoms with Gasteiger partial charge in [0.25, 0.3) is 5.96 Å². The van der Waals surface area contributed by atoms with E-state index < -0.39 is 5.97 Å². The molecule has 5 rings (SSSR count). The van der Waals surface area contributed by atoms with Crippen LogP contribution in [0.15, 0.2) is 16.1 Å². The number of piperidine rings is 1. The molecule has 30 heavy (non-hydrogen) atoms. The quantitative estimate of drug-likeness (QED) is 0.532. The number of aliphatic imine (C=N–C) groups is 1. The summed E-state index contributed by atoms with van der Waals surface area (Å²) in [4.78, 5) is 18.1. The number of hydrogen-bond donors (Lipinski definition) is 3. The minimum atomic E-state index is -0.939. The first-order chi connectivity index (χ1) is 14.5. The van der Waals surface area contributed by atoms with Crippen LogP contribution in [0.3, 0.4) is 0 Å². The van der Waals surface area contributed by atoms with Crippen LogP contribution in [0.5, 0.6) is 0 Å². The Balaban J connectivity index is 1.76. The molecule has 5 bridgehead atoms. The minimum Gasteiger partial charge on any atom is -0.545 e.